The molecule has 5 heteroatoms. The number of amides is 2. The van der Waals surface area contributed by atoms with Gasteiger partial charge in [-0.15, -0.1) is 0 Å². The van der Waals surface area contributed by atoms with Crippen molar-refractivity contribution in [1.82, 2.24) is 9.80 Å². The Labute approximate surface area is 85.0 Å². The van der Waals surface area contributed by atoms with E-state index in [4.69, 9.17) is 11.1 Å². The quantitative estimate of drug-likeness (QED) is 0.533. The molecule has 0 aromatic carbocycles. The normalized spacial score (nSPS) is 8.50. The van der Waals surface area contributed by atoms with Crippen LogP contribution in [0.3, 0.4) is 0 Å². The molecule has 0 heterocycles. The number of nitrogens with zero attached hydrogens (tertiary/aromatic N) is 2. The lowest BCUT2D eigenvalue weighted by atomic mass is 10.6. The first-order chi connectivity index (χ1) is 6.67. The van der Waals surface area contributed by atoms with Gasteiger partial charge in [-0.3, -0.25) is 10.3 Å². The summed E-state index contributed by atoms with van der Waals surface area (Å²) >= 11 is 0. The fourth-order valence-corrected chi connectivity index (χ4v) is 0.561. The van der Waals surface area contributed by atoms with Gasteiger partial charge in [0.15, 0.2) is 0 Å². The number of carbonyl (C=O) groups excluding carboxylic acids is 1. The summed E-state index contributed by atoms with van der Waals surface area (Å²) in [6, 6.07) is -0.387. The Balaban J connectivity index is 0. The summed E-state index contributed by atoms with van der Waals surface area (Å²) in [7, 11) is 1.53. The highest BCUT2D eigenvalue weighted by Gasteiger charge is 2.10. The van der Waals surface area contributed by atoms with Crippen LogP contribution in [0.4, 0.5) is 4.79 Å². The highest BCUT2D eigenvalue weighted by atomic mass is 16.2. The van der Waals surface area contributed by atoms with Crippen molar-refractivity contribution in [2.24, 2.45) is 5.73 Å². The number of hydrogen-bond acceptors (Lipinski definition) is 3. The van der Waals surface area contributed by atoms with Gasteiger partial charge < -0.3 is 10.6 Å². The molecule has 0 atom stereocenters. The lowest BCUT2D eigenvalue weighted by Crippen LogP contribution is -2.33. The van der Waals surface area contributed by atoms with E-state index in [0.717, 1.165) is 11.2 Å². The molecular weight excluding hydrogens is 180 g/mol. The summed E-state index contributed by atoms with van der Waals surface area (Å²) in [5, 5.41) is 6.84. The SMILES string of the molecule is C=CN(C=N)C(=O)N(C)/C=C\N.CC. The average molecular weight is 198 g/mol. The van der Waals surface area contributed by atoms with Crippen molar-refractivity contribution >= 4 is 12.4 Å². The second kappa shape index (κ2) is 9.31. The van der Waals surface area contributed by atoms with Gasteiger partial charge in [0.05, 0.1) is 6.34 Å². The van der Waals surface area contributed by atoms with Crippen LogP contribution in [0.2, 0.25) is 0 Å². The minimum atomic E-state index is -0.387. The molecule has 2 amide bonds. The predicted molar refractivity (Wildman–Crippen MR) is 58.7 cm³/mol. The van der Waals surface area contributed by atoms with Crippen molar-refractivity contribution in [2.45, 2.75) is 13.8 Å². The highest BCUT2D eigenvalue weighted by molar-refractivity contribution is 5.87. The smallest absolute Gasteiger partial charge is 0.333 e. The van der Waals surface area contributed by atoms with Gasteiger partial charge in [-0.2, -0.15) is 0 Å². The Kier molecular flexibility index (Phi) is 9.79. The monoisotopic (exact) mass is 198 g/mol. The fourth-order valence-electron chi connectivity index (χ4n) is 0.561. The van der Waals surface area contributed by atoms with Crippen molar-refractivity contribution in [3.8, 4) is 0 Å². The minimum absolute atomic E-state index is 0.387. The molecule has 0 radical (unpaired) electrons. The van der Waals surface area contributed by atoms with Crippen molar-refractivity contribution in [3.05, 3.63) is 25.2 Å². The van der Waals surface area contributed by atoms with E-state index in [1.54, 1.807) is 0 Å². The van der Waals surface area contributed by atoms with Crippen molar-refractivity contribution in [3.63, 3.8) is 0 Å². The standard InChI is InChI=1S/C7H12N4O.C2H6/c1-3-11(6-9)7(12)10(2)5-4-8;1-2/h3-6,9H,1,8H2,2H3;1-2H3/b5-4-,9-6?;. The summed E-state index contributed by atoms with van der Waals surface area (Å²) < 4.78 is 0. The predicted octanol–water partition coefficient (Wildman–Crippen LogP) is 1.55. The Bertz CT molecular complexity index is 205. The van der Waals surface area contributed by atoms with E-state index in [-0.39, 0.29) is 6.03 Å². The Hall–Kier alpha value is -1.78. The maximum absolute atomic E-state index is 11.2. The molecule has 3 N–H and O–H groups in total. The van der Waals surface area contributed by atoms with Crippen molar-refractivity contribution in [1.29, 1.82) is 5.41 Å². The maximum atomic E-state index is 11.2. The molecule has 0 bridgehead atoms. The molecule has 0 aliphatic carbocycles. The van der Waals surface area contributed by atoms with Gasteiger partial charge in [-0.05, 0) is 0 Å². The number of nitrogens with two attached hydrogens (primary N) is 1. The number of rotatable bonds is 3. The number of carbonyl (C=O) groups is 1. The van der Waals surface area contributed by atoms with Crippen LogP contribution in [0.1, 0.15) is 13.8 Å². The van der Waals surface area contributed by atoms with E-state index < -0.39 is 0 Å². The summed E-state index contributed by atoms with van der Waals surface area (Å²) in [4.78, 5) is 13.5. The third kappa shape index (κ3) is 4.97. The number of nitrogens with one attached hydrogen (secondary N) is 1. The molecule has 0 saturated carbocycles. The molecule has 80 valence electrons. The first kappa shape index (κ1) is 14.7. The van der Waals surface area contributed by atoms with Crippen LogP contribution in [-0.2, 0) is 0 Å². The van der Waals surface area contributed by atoms with E-state index >= 15 is 0 Å². The first-order valence-corrected chi connectivity index (χ1v) is 4.24. The highest BCUT2D eigenvalue weighted by Crippen LogP contribution is 1.94. The molecule has 14 heavy (non-hydrogen) atoms. The Morgan fingerprint density at radius 3 is 2.29 bits per heavy atom. The second-order valence-electron chi connectivity index (χ2n) is 1.95. The molecule has 0 rings (SSSR count). The van der Waals surface area contributed by atoms with Crippen LogP contribution in [0.5, 0.6) is 0 Å². The summed E-state index contributed by atoms with van der Waals surface area (Å²) in [6.07, 6.45) is 4.75. The first-order valence-electron chi connectivity index (χ1n) is 4.24. The Morgan fingerprint density at radius 1 is 1.50 bits per heavy atom. The maximum Gasteiger partial charge on any atom is 0.333 e. The topological polar surface area (TPSA) is 73.4 Å². The second-order valence-corrected chi connectivity index (χ2v) is 1.95. The van der Waals surface area contributed by atoms with Crippen LogP contribution >= 0.6 is 0 Å². The van der Waals surface area contributed by atoms with Gasteiger partial charge in [-0.1, -0.05) is 20.4 Å². The van der Waals surface area contributed by atoms with Crippen molar-refractivity contribution in [2.75, 3.05) is 7.05 Å². The van der Waals surface area contributed by atoms with E-state index in [1.165, 1.54) is 30.5 Å². The zero-order chi connectivity index (χ0) is 11.6. The largest absolute Gasteiger partial charge is 0.403 e. The van der Waals surface area contributed by atoms with Gasteiger partial charge >= 0.3 is 6.03 Å². The van der Waals surface area contributed by atoms with Gasteiger partial charge in [-0.25, -0.2) is 4.79 Å². The molecular formula is C9H18N4O. The average Bonchev–Trinajstić information content (AvgIpc) is 2.23. The van der Waals surface area contributed by atoms with E-state index in [9.17, 15) is 4.79 Å². The molecule has 0 aromatic rings. The molecule has 0 aromatic heterocycles. The van der Waals surface area contributed by atoms with Gasteiger partial charge in [0, 0.05) is 25.6 Å². The minimum Gasteiger partial charge on any atom is -0.403 e. The third-order valence-corrected chi connectivity index (χ3v) is 1.17. The van der Waals surface area contributed by atoms with Gasteiger partial charge in [0.2, 0.25) is 0 Å². The number of hydrogen-bond donors (Lipinski definition) is 2. The van der Waals surface area contributed by atoms with Crippen LogP contribution in [0.15, 0.2) is 25.2 Å². The van der Waals surface area contributed by atoms with Gasteiger partial charge in [0.25, 0.3) is 0 Å². The molecule has 5 nitrogen and oxygen atoms in total. The summed E-state index contributed by atoms with van der Waals surface area (Å²) in [5.74, 6) is 0. The van der Waals surface area contributed by atoms with Gasteiger partial charge in [0.1, 0.15) is 0 Å². The van der Waals surface area contributed by atoms with E-state index in [1.807, 2.05) is 13.8 Å². The lowest BCUT2D eigenvalue weighted by molar-refractivity contribution is 0.210. The lowest BCUT2D eigenvalue weighted by Gasteiger charge is -2.17. The molecule has 0 aliphatic rings. The van der Waals surface area contributed by atoms with Crippen LogP contribution in [0, 0.1) is 5.41 Å². The van der Waals surface area contributed by atoms with Crippen molar-refractivity contribution < 1.29 is 4.79 Å². The van der Waals surface area contributed by atoms with Crippen LogP contribution in [0.25, 0.3) is 0 Å². The Morgan fingerprint density at radius 2 is 2.00 bits per heavy atom. The van der Waals surface area contributed by atoms with Crippen LogP contribution in [-0.4, -0.2) is 29.2 Å². The third-order valence-electron chi connectivity index (χ3n) is 1.17. The molecule has 0 unspecified atom stereocenters. The van der Waals surface area contributed by atoms with E-state index in [0.29, 0.717) is 0 Å². The molecule has 0 saturated heterocycles. The molecule has 0 aliphatic heterocycles. The fraction of sp³-hybridized carbons (Fsp3) is 0.333. The molecule has 0 fully saturated rings. The summed E-state index contributed by atoms with van der Waals surface area (Å²) in [6.45, 7) is 7.37. The summed E-state index contributed by atoms with van der Waals surface area (Å²) in [5.41, 5.74) is 5.07. The zero-order valence-electron chi connectivity index (χ0n) is 8.90. The number of urea groups is 1. The van der Waals surface area contributed by atoms with E-state index in [2.05, 4.69) is 6.58 Å². The molecule has 0 spiro atoms. The zero-order valence-corrected chi connectivity index (χ0v) is 8.90. The van der Waals surface area contributed by atoms with Crippen LogP contribution < -0.4 is 5.73 Å².